The summed E-state index contributed by atoms with van der Waals surface area (Å²) in [4.78, 5) is 19.7. The molecule has 2 amide bonds. The number of hydrogen-bond donors (Lipinski definition) is 1. The summed E-state index contributed by atoms with van der Waals surface area (Å²) in [6, 6.07) is 18.0. The van der Waals surface area contributed by atoms with Gasteiger partial charge in [0, 0.05) is 49.6 Å². The van der Waals surface area contributed by atoms with E-state index in [0.717, 1.165) is 24.8 Å². The number of hydrogen-bond acceptors (Lipinski definition) is 3. The van der Waals surface area contributed by atoms with E-state index in [0.29, 0.717) is 19.1 Å². The smallest absolute Gasteiger partial charge is 0.322 e. The highest BCUT2D eigenvalue weighted by atomic mass is 16.2. The summed E-state index contributed by atoms with van der Waals surface area (Å²) in [7, 11) is 0. The van der Waals surface area contributed by atoms with E-state index >= 15 is 0 Å². The molecule has 0 aromatic heterocycles. The van der Waals surface area contributed by atoms with E-state index in [4.69, 9.17) is 0 Å². The molecule has 2 saturated heterocycles. The summed E-state index contributed by atoms with van der Waals surface area (Å²) in [5.74, 6) is 0. The Morgan fingerprint density at radius 3 is 2.34 bits per heavy atom. The van der Waals surface area contributed by atoms with Crippen LogP contribution in [0.15, 0.2) is 48.5 Å². The third-order valence-electron chi connectivity index (χ3n) is 6.85. The molecule has 1 N–H and O–H groups in total. The molecule has 0 spiro atoms. The highest BCUT2D eigenvalue weighted by molar-refractivity contribution is 5.89. The fourth-order valence-electron chi connectivity index (χ4n) is 5.18. The molecule has 0 saturated carbocycles. The van der Waals surface area contributed by atoms with Gasteiger partial charge in [-0.15, -0.1) is 0 Å². The molecule has 0 bridgehead atoms. The maximum Gasteiger partial charge on any atom is 0.322 e. The third kappa shape index (κ3) is 3.71. The summed E-state index contributed by atoms with van der Waals surface area (Å²) in [6.07, 6.45) is 3.93. The van der Waals surface area contributed by atoms with Crippen molar-refractivity contribution in [3.63, 3.8) is 0 Å². The van der Waals surface area contributed by atoms with Crippen molar-refractivity contribution in [3.05, 3.63) is 59.7 Å². The second-order valence-corrected chi connectivity index (χ2v) is 8.72. The Kier molecular flexibility index (Phi) is 4.92. The topological polar surface area (TPSA) is 38.8 Å². The monoisotopic (exact) mass is 390 g/mol. The lowest BCUT2D eigenvalue weighted by Gasteiger charge is -2.28. The van der Waals surface area contributed by atoms with E-state index in [2.05, 4.69) is 46.3 Å². The third-order valence-corrected chi connectivity index (χ3v) is 6.85. The minimum Gasteiger partial charge on any atom is -0.370 e. The lowest BCUT2D eigenvalue weighted by atomic mass is 10.1. The number of urea groups is 1. The summed E-state index contributed by atoms with van der Waals surface area (Å²) in [5, 5.41) is 3.06. The average Bonchev–Trinajstić information content (AvgIpc) is 3.47. The predicted octanol–water partition coefficient (Wildman–Crippen LogP) is 4.30. The van der Waals surface area contributed by atoms with Gasteiger partial charge in [0.05, 0.1) is 0 Å². The number of nitrogens with one attached hydrogen (secondary N) is 1. The zero-order valence-corrected chi connectivity index (χ0v) is 17.2. The molecular formula is C24H30N4O. The normalized spacial score (nSPS) is 24.2. The second-order valence-electron chi connectivity index (χ2n) is 8.72. The number of benzene rings is 2. The zero-order chi connectivity index (χ0) is 19.8. The van der Waals surface area contributed by atoms with Gasteiger partial charge in [-0.05, 0) is 68.1 Å². The molecule has 0 aliphatic carbocycles. The maximum absolute atomic E-state index is 12.6. The Balaban J connectivity index is 1.17. The van der Waals surface area contributed by atoms with Crippen molar-refractivity contribution >= 4 is 17.4 Å². The number of anilines is 2. The van der Waals surface area contributed by atoms with Crippen molar-refractivity contribution < 1.29 is 4.79 Å². The van der Waals surface area contributed by atoms with Gasteiger partial charge in [0.25, 0.3) is 0 Å². The minimum absolute atomic E-state index is 0.0294. The molecule has 2 aromatic rings. The SMILES string of the molecule is CC1CCCN1C1CCN(c2ccc(NC(=O)N3Cc4ccccc4C3)cc2)C1. The molecule has 2 atom stereocenters. The molecule has 2 unspecified atom stereocenters. The van der Waals surface area contributed by atoms with Crippen molar-refractivity contribution in [1.29, 1.82) is 0 Å². The molecule has 0 radical (unpaired) electrons. The van der Waals surface area contributed by atoms with Crippen LogP contribution in [0, 0.1) is 0 Å². The van der Waals surface area contributed by atoms with Crippen LogP contribution in [0.5, 0.6) is 0 Å². The fourth-order valence-corrected chi connectivity index (χ4v) is 5.18. The molecule has 3 aliphatic rings. The molecule has 2 fully saturated rings. The summed E-state index contributed by atoms with van der Waals surface area (Å²) < 4.78 is 0. The van der Waals surface area contributed by atoms with Crippen LogP contribution >= 0.6 is 0 Å². The van der Waals surface area contributed by atoms with Gasteiger partial charge in [-0.3, -0.25) is 4.90 Å². The summed E-state index contributed by atoms with van der Waals surface area (Å²) >= 11 is 0. The lowest BCUT2D eigenvalue weighted by Crippen LogP contribution is -2.39. The average molecular weight is 391 g/mol. The molecule has 5 heteroatoms. The van der Waals surface area contributed by atoms with Crippen molar-refractivity contribution in [1.82, 2.24) is 9.80 Å². The van der Waals surface area contributed by atoms with Crippen molar-refractivity contribution in [2.75, 3.05) is 29.9 Å². The fraction of sp³-hybridized carbons (Fsp3) is 0.458. The van der Waals surface area contributed by atoms with Crippen LogP contribution in [-0.2, 0) is 13.1 Å². The maximum atomic E-state index is 12.6. The molecule has 3 aliphatic heterocycles. The van der Waals surface area contributed by atoms with Crippen LogP contribution in [0.4, 0.5) is 16.2 Å². The van der Waals surface area contributed by atoms with Crippen LogP contribution in [-0.4, -0.2) is 47.5 Å². The van der Waals surface area contributed by atoms with E-state index < -0.39 is 0 Å². The van der Waals surface area contributed by atoms with Gasteiger partial charge in [0.2, 0.25) is 0 Å². The summed E-state index contributed by atoms with van der Waals surface area (Å²) in [5.41, 5.74) is 4.60. The van der Waals surface area contributed by atoms with Crippen molar-refractivity contribution in [3.8, 4) is 0 Å². The van der Waals surface area contributed by atoms with Crippen LogP contribution in [0.25, 0.3) is 0 Å². The number of carbonyl (C=O) groups is 1. The standard InChI is InChI=1S/C24H30N4O/c1-18-5-4-13-28(18)23-12-14-26(17-23)22-10-8-21(9-11-22)25-24(29)27-15-19-6-2-3-7-20(19)16-27/h2-3,6-11,18,23H,4-5,12-17H2,1H3,(H,25,29). The van der Waals surface area contributed by atoms with E-state index in [9.17, 15) is 4.79 Å². The lowest BCUT2D eigenvalue weighted by molar-refractivity contribution is 0.204. The Morgan fingerprint density at radius 1 is 0.966 bits per heavy atom. The van der Waals surface area contributed by atoms with Gasteiger partial charge < -0.3 is 15.1 Å². The van der Waals surface area contributed by atoms with Crippen molar-refractivity contribution in [2.24, 2.45) is 0 Å². The van der Waals surface area contributed by atoms with Crippen LogP contribution < -0.4 is 10.2 Å². The molecule has 5 nitrogen and oxygen atoms in total. The first-order valence-electron chi connectivity index (χ1n) is 10.9. The van der Waals surface area contributed by atoms with Crippen molar-refractivity contribution in [2.45, 2.75) is 51.4 Å². The number of fused-ring (bicyclic) bond motifs is 1. The van der Waals surface area contributed by atoms with E-state index in [1.54, 1.807) is 0 Å². The molecule has 3 heterocycles. The van der Waals surface area contributed by atoms with E-state index in [-0.39, 0.29) is 6.03 Å². The summed E-state index contributed by atoms with van der Waals surface area (Å²) in [6.45, 7) is 7.22. The highest BCUT2D eigenvalue weighted by Gasteiger charge is 2.32. The van der Waals surface area contributed by atoms with Crippen LogP contribution in [0.2, 0.25) is 0 Å². The van der Waals surface area contributed by atoms with Gasteiger partial charge in [-0.25, -0.2) is 4.79 Å². The van der Waals surface area contributed by atoms with Gasteiger partial charge in [-0.2, -0.15) is 0 Å². The molecule has 29 heavy (non-hydrogen) atoms. The van der Waals surface area contributed by atoms with Gasteiger partial charge in [-0.1, -0.05) is 24.3 Å². The number of nitrogens with zero attached hydrogens (tertiary/aromatic N) is 3. The van der Waals surface area contributed by atoms with Crippen LogP contribution in [0.3, 0.4) is 0 Å². The Labute approximate surface area is 173 Å². The first-order chi connectivity index (χ1) is 14.2. The number of carbonyl (C=O) groups excluding carboxylic acids is 1. The van der Waals surface area contributed by atoms with Gasteiger partial charge in [0.15, 0.2) is 0 Å². The minimum atomic E-state index is -0.0294. The van der Waals surface area contributed by atoms with Gasteiger partial charge in [0.1, 0.15) is 0 Å². The molecule has 2 aromatic carbocycles. The highest BCUT2D eigenvalue weighted by Crippen LogP contribution is 2.29. The zero-order valence-electron chi connectivity index (χ0n) is 17.2. The number of likely N-dealkylation sites (tertiary alicyclic amines) is 1. The predicted molar refractivity (Wildman–Crippen MR) is 117 cm³/mol. The number of rotatable bonds is 3. The number of amides is 2. The van der Waals surface area contributed by atoms with Gasteiger partial charge >= 0.3 is 6.03 Å². The van der Waals surface area contributed by atoms with E-state index in [1.807, 2.05) is 29.2 Å². The molecule has 152 valence electrons. The largest absolute Gasteiger partial charge is 0.370 e. The Bertz CT molecular complexity index is 856. The van der Waals surface area contributed by atoms with E-state index in [1.165, 1.54) is 42.6 Å². The molecular weight excluding hydrogens is 360 g/mol. The Hall–Kier alpha value is -2.53. The Morgan fingerprint density at radius 2 is 1.69 bits per heavy atom. The first-order valence-corrected chi connectivity index (χ1v) is 10.9. The second kappa shape index (κ2) is 7.71. The quantitative estimate of drug-likeness (QED) is 0.849. The first kappa shape index (κ1) is 18.5. The molecule has 5 rings (SSSR count). The van der Waals surface area contributed by atoms with Crippen LogP contribution in [0.1, 0.15) is 37.3 Å².